The molecule has 3 rings (SSSR count). The van der Waals surface area contributed by atoms with E-state index >= 15 is 0 Å². The zero-order chi connectivity index (χ0) is 16.4. The summed E-state index contributed by atoms with van der Waals surface area (Å²) in [6.45, 7) is 2.82. The summed E-state index contributed by atoms with van der Waals surface area (Å²) in [5, 5.41) is 4.30. The third-order valence-corrected chi connectivity index (χ3v) is 5.33. The number of carbonyl (C=O) groups is 1. The number of hydrogen-bond acceptors (Lipinski definition) is 4. The van der Waals surface area contributed by atoms with Crippen LogP contribution in [0.3, 0.4) is 0 Å². The van der Waals surface area contributed by atoms with E-state index in [0.29, 0.717) is 11.8 Å². The average Bonchev–Trinajstić information content (AvgIpc) is 2.87. The number of rotatable bonds is 3. The van der Waals surface area contributed by atoms with Gasteiger partial charge in [0.15, 0.2) is 0 Å². The molecule has 0 radical (unpaired) electrons. The quantitative estimate of drug-likeness (QED) is 0.850. The lowest BCUT2D eigenvalue weighted by molar-refractivity contribution is -0.134. The fourth-order valence-electron chi connectivity index (χ4n) is 2.95. The predicted octanol–water partition coefficient (Wildman–Crippen LogP) is 1.29. The molecule has 1 saturated heterocycles. The highest BCUT2D eigenvalue weighted by Crippen LogP contribution is 2.35. The van der Waals surface area contributed by atoms with Gasteiger partial charge in [-0.05, 0) is 5.56 Å². The van der Waals surface area contributed by atoms with E-state index in [9.17, 15) is 9.59 Å². The third-order valence-electron chi connectivity index (χ3n) is 4.13. The summed E-state index contributed by atoms with van der Waals surface area (Å²) in [6.07, 6.45) is 1.43. The van der Waals surface area contributed by atoms with E-state index in [1.54, 1.807) is 7.05 Å². The summed E-state index contributed by atoms with van der Waals surface area (Å²) in [5.74, 6) is 0.847. The molecule has 122 valence electrons. The highest BCUT2D eigenvalue weighted by atomic mass is 32.2. The van der Waals surface area contributed by atoms with Crippen LogP contribution in [0.1, 0.15) is 18.5 Å². The molecule has 1 aromatic heterocycles. The van der Waals surface area contributed by atoms with Crippen molar-refractivity contribution >= 4 is 17.7 Å². The Hall–Kier alpha value is -2.02. The minimum atomic E-state index is -0.269. The molecule has 1 aromatic carbocycles. The molecular weight excluding hydrogens is 312 g/mol. The zero-order valence-electron chi connectivity index (χ0n) is 13.3. The molecule has 2 atom stereocenters. The number of thioether (sulfide) groups is 1. The second-order valence-electron chi connectivity index (χ2n) is 5.70. The Morgan fingerprint density at radius 1 is 1.35 bits per heavy atom. The van der Waals surface area contributed by atoms with Crippen LogP contribution in [0.5, 0.6) is 0 Å². The lowest BCUT2D eigenvalue weighted by Crippen LogP contribution is -2.46. The Bertz CT molecular complexity index is 740. The first-order valence-corrected chi connectivity index (χ1v) is 8.67. The molecule has 23 heavy (non-hydrogen) atoms. The van der Waals surface area contributed by atoms with Crippen LogP contribution in [0.15, 0.2) is 41.5 Å². The van der Waals surface area contributed by atoms with Crippen molar-refractivity contribution in [3.8, 4) is 0 Å². The molecular formula is C16H20N4O2S. The molecule has 0 bridgehead atoms. The van der Waals surface area contributed by atoms with E-state index in [2.05, 4.69) is 24.2 Å². The number of amides is 1. The van der Waals surface area contributed by atoms with Gasteiger partial charge in [-0.15, -0.1) is 0 Å². The molecule has 1 aliphatic heterocycles. The van der Waals surface area contributed by atoms with Gasteiger partial charge in [0.1, 0.15) is 12.9 Å². The summed E-state index contributed by atoms with van der Waals surface area (Å²) >= 11 is 1.87. The maximum absolute atomic E-state index is 12.8. The van der Waals surface area contributed by atoms with Crippen molar-refractivity contribution in [1.82, 2.24) is 19.2 Å². The fraction of sp³-hybridized carbons (Fsp3) is 0.438. The summed E-state index contributed by atoms with van der Waals surface area (Å²) in [4.78, 5) is 26.5. The molecule has 0 saturated carbocycles. The van der Waals surface area contributed by atoms with E-state index in [0.717, 1.165) is 11.3 Å². The first kappa shape index (κ1) is 15.9. The van der Waals surface area contributed by atoms with Crippen molar-refractivity contribution in [3.63, 3.8) is 0 Å². The molecule has 0 spiro atoms. The number of carbonyl (C=O) groups excluding carboxylic acids is 1. The van der Waals surface area contributed by atoms with Crippen molar-refractivity contribution in [3.05, 3.63) is 52.7 Å². The van der Waals surface area contributed by atoms with Gasteiger partial charge in [0.2, 0.25) is 5.91 Å². The monoisotopic (exact) mass is 332 g/mol. The van der Waals surface area contributed by atoms with E-state index < -0.39 is 0 Å². The number of nitrogens with zero attached hydrogens (tertiary/aromatic N) is 4. The zero-order valence-corrected chi connectivity index (χ0v) is 14.1. The highest BCUT2D eigenvalue weighted by Gasteiger charge is 2.33. The Labute approximate surface area is 139 Å². The van der Waals surface area contributed by atoms with Crippen LogP contribution >= 0.6 is 11.8 Å². The van der Waals surface area contributed by atoms with Gasteiger partial charge in [-0.3, -0.25) is 9.36 Å². The van der Waals surface area contributed by atoms with E-state index in [4.69, 9.17) is 0 Å². The van der Waals surface area contributed by atoms with Gasteiger partial charge in [0.05, 0.1) is 6.04 Å². The molecule has 2 aromatic rings. The molecule has 6 nitrogen and oxygen atoms in total. The number of benzene rings is 1. The Kier molecular flexibility index (Phi) is 4.56. The van der Waals surface area contributed by atoms with Crippen molar-refractivity contribution in [1.29, 1.82) is 0 Å². The van der Waals surface area contributed by atoms with Crippen LogP contribution in [0.25, 0.3) is 0 Å². The van der Waals surface area contributed by atoms with Gasteiger partial charge in [-0.1, -0.05) is 37.3 Å². The summed E-state index contributed by atoms with van der Waals surface area (Å²) < 4.78 is 2.59. The van der Waals surface area contributed by atoms with Gasteiger partial charge in [0, 0.05) is 24.6 Å². The lowest BCUT2D eigenvalue weighted by atomic mass is 10.0. The Balaban J connectivity index is 1.85. The minimum absolute atomic E-state index is 0.0135. The lowest BCUT2D eigenvalue weighted by Gasteiger charge is -2.40. The molecule has 1 aliphatic rings. The molecule has 7 heteroatoms. The molecule has 0 N–H and O–H groups in total. The summed E-state index contributed by atoms with van der Waals surface area (Å²) in [7, 11) is 1.63. The van der Waals surface area contributed by atoms with Crippen LogP contribution < -0.4 is 5.69 Å². The molecule has 1 amide bonds. The number of hydrogen-bond donors (Lipinski definition) is 0. The second kappa shape index (κ2) is 6.62. The standard InChI is InChI=1S/C16H20N4O2S/c1-12-15(13-6-4-3-5-7-13)19(8-9-23-12)14(21)10-20-16(22)18(2)11-17-20/h3-7,11-12,15H,8-10H2,1-2H3/t12-,15+/m1/s1. The Morgan fingerprint density at radius 3 is 2.74 bits per heavy atom. The van der Waals surface area contributed by atoms with Gasteiger partial charge in [-0.2, -0.15) is 16.9 Å². The minimum Gasteiger partial charge on any atom is -0.332 e. The van der Waals surface area contributed by atoms with Crippen LogP contribution in [0, 0.1) is 0 Å². The van der Waals surface area contributed by atoms with E-state index in [-0.39, 0.29) is 24.2 Å². The van der Waals surface area contributed by atoms with Gasteiger partial charge in [0.25, 0.3) is 0 Å². The molecule has 1 fully saturated rings. The third kappa shape index (κ3) is 3.19. The number of aromatic nitrogens is 3. The smallest absolute Gasteiger partial charge is 0.332 e. The maximum atomic E-state index is 12.8. The maximum Gasteiger partial charge on any atom is 0.345 e. The van der Waals surface area contributed by atoms with Crippen LogP contribution in [0.4, 0.5) is 0 Å². The topological polar surface area (TPSA) is 60.1 Å². The first-order chi connectivity index (χ1) is 11.1. The van der Waals surface area contributed by atoms with Gasteiger partial charge >= 0.3 is 5.69 Å². The Morgan fingerprint density at radius 2 is 2.09 bits per heavy atom. The van der Waals surface area contributed by atoms with E-state index in [1.165, 1.54) is 15.6 Å². The average molecular weight is 332 g/mol. The first-order valence-electron chi connectivity index (χ1n) is 7.62. The van der Waals surface area contributed by atoms with Crippen LogP contribution in [-0.2, 0) is 18.4 Å². The van der Waals surface area contributed by atoms with Gasteiger partial charge in [-0.25, -0.2) is 9.48 Å². The fourth-order valence-corrected chi connectivity index (χ4v) is 4.11. The normalized spacial score (nSPS) is 21.4. The SMILES string of the molecule is C[C@H]1SCCN(C(=O)Cn2ncn(C)c2=O)[C@@H]1c1ccccc1. The molecule has 2 heterocycles. The van der Waals surface area contributed by atoms with Crippen molar-refractivity contribution < 1.29 is 4.79 Å². The largest absolute Gasteiger partial charge is 0.345 e. The predicted molar refractivity (Wildman–Crippen MR) is 90.3 cm³/mol. The summed E-state index contributed by atoms with van der Waals surface area (Å²) in [6, 6.07) is 10.1. The number of aryl methyl sites for hydroxylation is 1. The van der Waals surface area contributed by atoms with Crippen molar-refractivity contribution in [2.75, 3.05) is 12.3 Å². The molecule has 0 unspecified atom stereocenters. The van der Waals surface area contributed by atoms with Crippen molar-refractivity contribution in [2.45, 2.75) is 24.8 Å². The van der Waals surface area contributed by atoms with Gasteiger partial charge < -0.3 is 4.90 Å². The van der Waals surface area contributed by atoms with Crippen LogP contribution in [-0.4, -0.2) is 42.7 Å². The highest BCUT2D eigenvalue weighted by molar-refractivity contribution is 8.00. The van der Waals surface area contributed by atoms with Crippen LogP contribution in [0.2, 0.25) is 0 Å². The second-order valence-corrected chi connectivity index (χ2v) is 7.19. The summed E-state index contributed by atoms with van der Waals surface area (Å²) in [5.41, 5.74) is 0.864. The van der Waals surface area contributed by atoms with E-state index in [1.807, 2.05) is 34.9 Å². The molecule has 0 aliphatic carbocycles. The van der Waals surface area contributed by atoms with Crippen molar-refractivity contribution in [2.24, 2.45) is 7.05 Å².